The number of halogens is 2. The van der Waals surface area contributed by atoms with Gasteiger partial charge < -0.3 is 10.1 Å². The summed E-state index contributed by atoms with van der Waals surface area (Å²) in [6, 6.07) is 19.6. The molecule has 172 valence electrons. The Kier molecular flexibility index (Phi) is 7.58. The number of nitrogens with zero attached hydrogens (tertiary/aromatic N) is 1. The van der Waals surface area contributed by atoms with Gasteiger partial charge in [0, 0.05) is 5.69 Å². The van der Waals surface area contributed by atoms with Crippen LogP contribution in [0.15, 0.2) is 71.6 Å². The summed E-state index contributed by atoms with van der Waals surface area (Å²) in [7, 11) is 0. The van der Waals surface area contributed by atoms with Crippen molar-refractivity contribution in [3.8, 4) is 5.75 Å². The molecule has 0 saturated carbocycles. The van der Waals surface area contributed by atoms with Gasteiger partial charge in [0.25, 0.3) is 11.8 Å². The van der Waals surface area contributed by atoms with E-state index < -0.39 is 0 Å². The summed E-state index contributed by atoms with van der Waals surface area (Å²) in [4.78, 5) is 27.0. The predicted octanol–water partition coefficient (Wildman–Crippen LogP) is 6.73. The Morgan fingerprint density at radius 1 is 1.09 bits per heavy atom. The van der Waals surface area contributed by atoms with E-state index in [0.717, 1.165) is 16.8 Å². The van der Waals surface area contributed by atoms with Gasteiger partial charge in [0.1, 0.15) is 5.75 Å². The van der Waals surface area contributed by atoms with Crippen molar-refractivity contribution in [2.45, 2.75) is 6.92 Å². The van der Waals surface area contributed by atoms with Crippen LogP contribution in [0.1, 0.15) is 11.1 Å². The second kappa shape index (κ2) is 10.6. The van der Waals surface area contributed by atoms with Crippen LogP contribution in [0, 0.1) is 6.92 Å². The first-order chi connectivity index (χ1) is 16.3. The van der Waals surface area contributed by atoms with Gasteiger partial charge >= 0.3 is 0 Å². The molecule has 2 amide bonds. The van der Waals surface area contributed by atoms with E-state index in [0.29, 0.717) is 30.7 Å². The third-order valence-corrected chi connectivity index (χ3v) is 6.85. The standard InChI is InChI=1S/C25H18Cl2N2O3S2/c1-15-3-2-4-17(11-15)28-23(30)14-32-19-8-5-16(6-9-19)12-22-24(31)29(25(33)34-22)18-7-10-20(26)21(27)13-18/h2-13H,14H2,1H3,(H,28,30)/b22-12-. The van der Waals surface area contributed by atoms with Crippen LogP contribution in [0.3, 0.4) is 0 Å². The molecule has 4 rings (SSSR count). The second-order valence-electron chi connectivity index (χ2n) is 7.39. The van der Waals surface area contributed by atoms with Gasteiger partial charge in [-0.05, 0) is 66.6 Å². The molecule has 5 nitrogen and oxygen atoms in total. The Morgan fingerprint density at radius 3 is 2.56 bits per heavy atom. The first kappa shape index (κ1) is 24.3. The van der Waals surface area contributed by atoms with Crippen molar-refractivity contribution in [2.75, 3.05) is 16.8 Å². The largest absolute Gasteiger partial charge is 0.484 e. The molecule has 34 heavy (non-hydrogen) atoms. The number of carbonyl (C=O) groups is 2. The summed E-state index contributed by atoms with van der Waals surface area (Å²) in [6.45, 7) is 1.84. The zero-order valence-corrected chi connectivity index (χ0v) is 21.0. The van der Waals surface area contributed by atoms with Gasteiger partial charge in [-0.1, -0.05) is 71.4 Å². The van der Waals surface area contributed by atoms with Gasteiger partial charge in [0.05, 0.1) is 20.6 Å². The molecule has 1 heterocycles. The van der Waals surface area contributed by atoms with Crippen molar-refractivity contribution in [2.24, 2.45) is 0 Å². The van der Waals surface area contributed by atoms with E-state index in [1.807, 2.05) is 31.2 Å². The van der Waals surface area contributed by atoms with E-state index in [-0.39, 0.29) is 18.4 Å². The number of amides is 2. The van der Waals surface area contributed by atoms with E-state index in [9.17, 15) is 9.59 Å². The maximum absolute atomic E-state index is 12.9. The molecule has 1 aliphatic heterocycles. The number of carbonyl (C=O) groups excluding carboxylic acids is 2. The van der Waals surface area contributed by atoms with Gasteiger partial charge in [0.2, 0.25) is 0 Å². The lowest BCUT2D eigenvalue weighted by Crippen LogP contribution is -2.27. The minimum Gasteiger partial charge on any atom is -0.484 e. The van der Waals surface area contributed by atoms with Crippen LogP contribution in [0.5, 0.6) is 5.75 Å². The molecule has 1 aliphatic rings. The van der Waals surface area contributed by atoms with Crippen molar-refractivity contribution < 1.29 is 14.3 Å². The Bertz CT molecular complexity index is 1310. The Morgan fingerprint density at radius 2 is 1.85 bits per heavy atom. The fourth-order valence-electron chi connectivity index (χ4n) is 3.19. The molecule has 1 saturated heterocycles. The number of ether oxygens (including phenoxy) is 1. The van der Waals surface area contributed by atoms with Crippen LogP contribution in [-0.4, -0.2) is 22.7 Å². The van der Waals surface area contributed by atoms with Gasteiger partial charge in [-0.3, -0.25) is 14.5 Å². The monoisotopic (exact) mass is 528 g/mol. The Balaban J connectivity index is 1.38. The minimum atomic E-state index is -0.249. The predicted molar refractivity (Wildman–Crippen MR) is 144 cm³/mol. The third-order valence-electron chi connectivity index (χ3n) is 4.80. The van der Waals surface area contributed by atoms with Crippen molar-refractivity contribution in [3.05, 3.63) is 92.8 Å². The second-order valence-corrected chi connectivity index (χ2v) is 9.88. The summed E-state index contributed by atoms with van der Waals surface area (Å²) in [6.07, 6.45) is 1.76. The lowest BCUT2D eigenvalue weighted by molar-refractivity contribution is -0.118. The van der Waals surface area contributed by atoms with Gasteiger partial charge in [0.15, 0.2) is 10.9 Å². The SMILES string of the molecule is Cc1cccc(NC(=O)COc2ccc(/C=C3\SC(=S)N(c4ccc(Cl)c(Cl)c4)C3=O)cc2)c1. The van der Waals surface area contributed by atoms with E-state index in [2.05, 4.69) is 5.32 Å². The Hall–Kier alpha value is -2.84. The lowest BCUT2D eigenvalue weighted by atomic mass is 10.2. The normalized spacial score (nSPS) is 14.6. The summed E-state index contributed by atoms with van der Waals surface area (Å²) in [5.74, 6) is 0.0575. The number of thioether (sulfide) groups is 1. The number of anilines is 2. The average Bonchev–Trinajstić information content (AvgIpc) is 3.08. The number of thiocarbonyl (C=S) groups is 1. The molecule has 0 bridgehead atoms. The molecule has 0 atom stereocenters. The van der Waals surface area contributed by atoms with E-state index >= 15 is 0 Å². The van der Waals surface area contributed by atoms with Crippen LogP contribution in [-0.2, 0) is 9.59 Å². The fourth-order valence-corrected chi connectivity index (χ4v) is 4.79. The molecule has 1 fully saturated rings. The first-order valence-electron chi connectivity index (χ1n) is 10.1. The van der Waals surface area contributed by atoms with Crippen LogP contribution in [0.2, 0.25) is 10.0 Å². The molecule has 0 spiro atoms. The molecule has 0 radical (unpaired) electrons. The first-order valence-corrected chi connectivity index (χ1v) is 12.1. The highest BCUT2D eigenvalue weighted by Crippen LogP contribution is 2.38. The lowest BCUT2D eigenvalue weighted by Gasteiger charge is -2.15. The summed E-state index contributed by atoms with van der Waals surface area (Å²) < 4.78 is 5.98. The fraction of sp³-hybridized carbons (Fsp3) is 0.0800. The van der Waals surface area contributed by atoms with E-state index in [1.54, 1.807) is 48.5 Å². The molecular formula is C25H18Cl2N2O3S2. The van der Waals surface area contributed by atoms with Crippen molar-refractivity contribution >= 4 is 80.8 Å². The van der Waals surface area contributed by atoms with Crippen LogP contribution >= 0.6 is 47.2 Å². The van der Waals surface area contributed by atoms with Crippen molar-refractivity contribution in [1.29, 1.82) is 0 Å². The zero-order valence-electron chi connectivity index (χ0n) is 17.9. The number of nitrogens with one attached hydrogen (secondary N) is 1. The van der Waals surface area contributed by atoms with Gasteiger partial charge in [-0.2, -0.15) is 0 Å². The molecule has 0 aromatic heterocycles. The third kappa shape index (κ3) is 5.80. The maximum Gasteiger partial charge on any atom is 0.270 e. The van der Waals surface area contributed by atoms with Crippen LogP contribution < -0.4 is 15.0 Å². The number of hydrogen-bond acceptors (Lipinski definition) is 5. The summed E-state index contributed by atoms with van der Waals surface area (Å²) in [5.41, 5.74) is 3.14. The Labute approximate surface area is 216 Å². The number of benzene rings is 3. The highest BCUT2D eigenvalue weighted by Gasteiger charge is 2.33. The van der Waals surface area contributed by atoms with E-state index in [4.69, 9.17) is 40.2 Å². The van der Waals surface area contributed by atoms with Crippen molar-refractivity contribution in [1.82, 2.24) is 0 Å². The number of hydrogen-bond donors (Lipinski definition) is 1. The summed E-state index contributed by atoms with van der Waals surface area (Å²) >= 11 is 18.7. The summed E-state index contributed by atoms with van der Waals surface area (Å²) in [5, 5.41) is 3.55. The number of aryl methyl sites for hydroxylation is 1. The molecular weight excluding hydrogens is 511 g/mol. The van der Waals surface area contributed by atoms with E-state index in [1.165, 1.54) is 16.7 Å². The average molecular weight is 529 g/mol. The molecule has 1 N–H and O–H groups in total. The topological polar surface area (TPSA) is 58.6 Å². The van der Waals surface area contributed by atoms with Crippen molar-refractivity contribution in [3.63, 3.8) is 0 Å². The molecule has 3 aromatic carbocycles. The highest BCUT2D eigenvalue weighted by molar-refractivity contribution is 8.27. The van der Waals surface area contributed by atoms with Crippen LogP contribution in [0.25, 0.3) is 6.08 Å². The molecule has 0 unspecified atom stereocenters. The quantitative estimate of drug-likeness (QED) is 0.284. The molecule has 3 aromatic rings. The highest BCUT2D eigenvalue weighted by atomic mass is 35.5. The number of rotatable bonds is 6. The zero-order chi connectivity index (χ0) is 24.2. The van der Waals surface area contributed by atoms with Gasteiger partial charge in [-0.15, -0.1) is 0 Å². The molecule has 0 aliphatic carbocycles. The molecule has 9 heteroatoms. The smallest absolute Gasteiger partial charge is 0.270 e. The maximum atomic E-state index is 12.9. The van der Waals surface area contributed by atoms with Crippen LogP contribution in [0.4, 0.5) is 11.4 Å². The minimum absolute atomic E-state index is 0.115. The van der Waals surface area contributed by atoms with Gasteiger partial charge in [-0.25, -0.2) is 0 Å².